The predicted molar refractivity (Wildman–Crippen MR) is 92.7 cm³/mol. The largest absolute Gasteiger partial charge is 0.394 e. The van der Waals surface area contributed by atoms with E-state index in [1.807, 2.05) is 0 Å². The zero-order valence-electron chi connectivity index (χ0n) is 15.0. The number of nitrogen functional groups attached to an aromatic ring is 1. The van der Waals surface area contributed by atoms with Crippen LogP contribution in [0.3, 0.4) is 0 Å². The molecule has 0 bridgehead atoms. The summed E-state index contributed by atoms with van der Waals surface area (Å²) in [5.41, 5.74) is 6.44. The van der Waals surface area contributed by atoms with Crippen molar-refractivity contribution in [2.24, 2.45) is 0 Å². The van der Waals surface area contributed by atoms with Crippen molar-refractivity contribution >= 4 is 17.0 Å². The molecule has 2 aromatic rings. The second-order valence-corrected chi connectivity index (χ2v) is 6.54. The lowest BCUT2D eigenvalue weighted by atomic mass is 10.1. The Morgan fingerprint density at radius 3 is 2.00 bits per heavy atom. The number of hydrogen-bond donors (Lipinski definition) is 8. The fourth-order valence-electron chi connectivity index (χ4n) is 3.05. The first-order valence-electron chi connectivity index (χ1n) is 8.66. The Hall–Kier alpha value is -2.01. The van der Waals surface area contributed by atoms with Crippen molar-refractivity contribution in [2.45, 2.75) is 49.1 Å². The van der Waals surface area contributed by atoms with Crippen LogP contribution >= 0.6 is 0 Å². The normalized spacial score (nSPS) is 36.9. The van der Waals surface area contributed by atoms with Crippen LogP contribution < -0.4 is 5.73 Å². The number of fused-ring (bicyclic) bond motifs is 1. The van der Waals surface area contributed by atoms with Crippen LogP contribution in [0, 0.1) is 0 Å². The maximum atomic E-state index is 9.95. The number of anilines is 1. The van der Waals surface area contributed by atoms with Crippen LogP contribution in [0.1, 0.15) is 6.23 Å². The molecular formula is C15H23N5O9. The highest BCUT2D eigenvalue weighted by Gasteiger charge is 2.44. The molecule has 29 heavy (non-hydrogen) atoms. The average Bonchev–Trinajstić information content (AvgIpc) is 3.34. The first-order valence-corrected chi connectivity index (χ1v) is 8.66. The van der Waals surface area contributed by atoms with E-state index in [1.165, 1.54) is 17.2 Å². The molecule has 2 aromatic heterocycles. The summed E-state index contributed by atoms with van der Waals surface area (Å²) in [6.07, 6.45) is -6.18. The van der Waals surface area contributed by atoms with Crippen molar-refractivity contribution < 1.29 is 45.2 Å². The van der Waals surface area contributed by atoms with E-state index < -0.39 is 62.4 Å². The van der Waals surface area contributed by atoms with E-state index in [1.54, 1.807) is 0 Å². The van der Waals surface area contributed by atoms with Crippen molar-refractivity contribution in [1.82, 2.24) is 19.5 Å². The Labute approximate surface area is 163 Å². The highest BCUT2D eigenvalue weighted by Crippen LogP contribution is 2.31. The third-order valence-corrected chi connectivity index (χ3v) is 4.70. The van der Waals surface area contributed by atoms with Crippen molar-refractivity contribution in [2.75, 3.05) is 18.9 Å². The molecule has 2 aliphatic rings. The van der Waals surface area contributed by atoms with E-state index in [0.717, 1.165) is 0 Å². The van der Waals surface area contributed by atoms with Gasteiger partial charge in [-0.1, -0.05) is 0 Å². The van der Waals surface area contributed by atoms with Crippen molar-refractivity contribution in [3.8, 4) is 0 Å². The number of nitrogens with zero attached hydrogens (tertiary/aromatic N) is 4. The first kappa shape index (κ1) is 21.7. The van der Waals surface area contributed by atoms with Crippen LogP contribution in [-0.2, 0) is 9.47 Å². The molecule has 0 aromatic carbocycles. The summed E-state index contributed by atoms with van der Waals surface area (Å²) >= 11 is 0. The molecule has 0 saturated carbocycles. The SMILES string of the molecule is Nc1ncnc2c1ncn2[C@@H]1O[C@H](CO)[C@@H](O)[C@H]1O.OC[C@H]1OC(O)[C@@H](O)[C@@H]1O. The summed E-state index contributed by atoms with van der Waals surface area (Å²) in [5, 5.41) is 63.7. The molecule has 1 unspecified atom stereocenters. The topological polar surface area (TPSA) is 230 Å². The lowest BCUT2D eigenvalue weighted by molar-refractivity contribution is -0.132. The smallest absolute Gasteiger partial charge is 0.184 e. The monoisotopic (exact) mass is 417 g/mol. The Morgan fingerprint density at radius 2 is 1.48 bits per heavy atom. The molecule has 162 valence electrons. The van der Waals surface area contributed by atoms with Gasteiger partial charge < -0.3 is 51.0 Å². The number of hydrogen-bond acceptors (Lipinski definition) is 13. The molecule has 2 aliphatic heterocycles. The highest BCUT2D eigenvalue weighted by molar-refractivity contribution is 5.81. The summed E-state index contributed by atoms with van der Waals surface area (Å²) < 4.78 is 11.4. The quantitative estimate of drug-likeness (QED) is 0.235. The zero-order valence-corrected chi connectivity index (χ0v) is 15.0. The Morgan fingerprint density at radius 1 is 0.862 bits per heavy atom. The van der Waals surface area contributed by atoms with Crippen molar-refractivity contribution in [3.63, 3.8) is 0 Å². The molecule has 4 heterocycles. The number of nitrogens with two attached hydrogens (primary N) is 1. The van der Waals surface area contributed by atoms with Gasteiger partial charge in [-0.25, -0.2) is 15.0 Å². The minimum Gasteiger partial charge on any atom is -0.394 e. The molecule has 14 heteroatoms. The van der Waals surface area contributed by atoms with Gasteiger partial charge in [0.05, 0.1) is 19.5 Å². The fourth-order valence-corrected chi connectivity index (χ4v) is 3.05. The van der Waals surface area contributed by atoms with Crippen molar-refractivity contribution in [3.05, 3.63) is 12.7 Å². The number of rotatable bonds is 3. The Kier molecular flexibility index (Phi) is 6.57. The average molecular weight is 417 g/mol. The number of aliphatic hydroxyl groups is 7. The second kappa shape index (κ2) is 8.78. The molecule has 8 atom stereocenters. The third kappa shape index (κ3) is 4.02. The summed E-state index contributed by atoms with van der Waals surface area (Å²) in [7, 11) is 0. The van der Waals surface area contributed by atoms with Gasteiger partial charge in [0.25, 0.3) is 0 Å². The van der Waals surface area contributed by atoms with E-state index in [2.05, 4.69) is 19.7 Å². The van der Waals surface area contributed by atoms with Gasteiger partial charge in [0.15, 0.2) is 24.0 Å². The highest BCUT2D eigenvalue weighted by atomic mass is 16.6. The van der Waals surface area contributed by atoms with Crippen molar-refractivity contribution in [1.29, 1.82) is 0 Å². The minimum absolute atomic E-state index is 0.218. The molecule has 4 rings (SSSR count). The molecule has 0 aliphatic carbocycles. The maximum absolute atomic E-state index is 9.95. The Bertz CT molecular complexity index is 823. The summed E-state index contributed by atoms with van der Waals surface area (Å²) in [6.45, 7) is -0.798. The van der Waals surface area contributed by atoms with Gasteiger partial charge in [0.1, 0.15) is 48.5 Å². The van der Waals surface area contributed by atoms with Crippen LogP contribution in [0.25, 0.3) is 11.2 Å². The van der Waals surface area contributed by atoms with E-state index in [4.69, 9.17) is 36.0 Å². The number of aromatic nitrogens is 4. The Balaban J connectivity index is 0.000000204. The second-order valence-electron chi connectivity index (χ2n) is 6.54. The molecule has 9 N–H and O–H groups in total. The van der Waals surface area contributed by atoms with Gasteiger partial charge in [0, 0.05) is 0 Å². The van der Waals surface area contributed by atoms with Gasteiger partial charge in [-0.05, 0) is 0 Å². The molecule has 0 spiro atoms. The first-order chi connectivity index (χ1) is 13.8. The predicted octanol–water partition coefficient (Wildman–Crippen LogP) is -4.56. The van der Waals surface area contributed by atoms with Crippen LogP contribution in [0.15, 0.2) is 12.7 Å². The maximum Gasteiger partial charge on any atom is 0.184 e. The van der Waals surface area contributed by atoms with Crippen LogP contribution in [0.5, 0.6) is 0 Å². The van der Waals surface area contributed by atoms with E-state index in [0.29, 0.717) is 11.2 Å². The molecule has 0 radical (unpaired) electrons. The van der Waals surface area contributed by atoms with Gasteiger partial charge in [0.2, 0.25) is 0 Å². The standard InChI is InChI=1S/C10H13N5O4.C5H10O5/c11-8-5-9(13-2-12-8)15(3-14-5)10-7(18)6(17)4(1-16)19-10;6-1-2-3(7)4(8)5(9)10-2/h2-4,6-7,10,16-18H,1H2,(H2,11,12,13);2-9H,1H2/t4-,6-,7-,10-;2-,3-,4+,5?/m11/s1. The minimum atomic E-state index is -1.38. The van der Waals surface area contributed by atoms with Crippen LogP contribution in [-0.4, -0.2) is 111 Å². The van der Waals surface area contributed by atoms with E-state index >= 15 is 0 Å². The summed E-state index contributed by atoms with van der Waals surface area (Å²) in [5.74, 6) is 0.218. The zero-order chi connectivity index (χ0) is 21.3. The van der Waals surface area contributed by atoms with E-state index in [9.17, 15) is 10.2 Å². The lowest BCUT2D eigenvalue weighted by Gasteiger charge is -2.16. The van der Waals surface area contributed by atoms with Gasteiger partial charge in [-0.15, -0.1) is 0 Å². The third-order valence-electron chi connectivity index (χ3n) is 4.70. The number of imidazole rings is 1. The van der Waals surface area contributed by atoms with Gasteiger partial charge in [-0.3, -0.25) is 4.57 Å². The van der Waals surface area contributed by atoms with E-state index in [-0.39, 0.29) is 5.82 Å². The summed E-state index contributed by atoms with van der Waals surface area (Å²) in [6, 6.07) is 0. The number of aliphatic hydroxyl groups excluding tert-OH is 7. The molecule has 0 amide bonds. The molecule has 2 fully saturated rings. The van der Waals surface area contributed by atoms with Crippen LogP contribution in [0.2, 0.25) is 0 Å². The molecular weight excluding hydrogens is 394 g/mol. The molecule has 14 nitrogen and oxygen atoms in total. The molecule has 2 saturated heterocycles. The lowest BCUT2D eigenvalue weighted by Crippen LogP contribution is -2.33. The van der Waals surface area contributed by atoms with Gasteiger partial charge >= 0.3 is 0 Å². The fraction of sp³-hybridized carbons (Fsp3) is 0.667. The summed E-state index contributed by atoms with van der Waals surface area (Å²) in [4.78, 5) is 11.9. The van der Waals surface area contributed by atoms with Gasteiger partial charge in [-0.2, -0.15) is 0 Å². The number of ether oxygens (including phenoxy) is 2. The van der Waals surface area contributed by atoms with Crippen LogP contribution in [0.4, 0.5) is 5.82 Å².